The van der Waals surface area contributed by atoms with Crippen LogP contribution in [-0.4, -0.2) is 16.8 Å². The fourth-order valence-electron chi connectivity index (χ4n) is 0.742. The molecule has 0 atom stereocenters. The van der Waals surface area contributed by atoms with Gasteiger partial charge in [0.05, 0.1) is 11.5 Å². The number of rotatable bonds is 3. The van der Waals surface area contributed by atoms with Crippen molar-refractivity contribution < 1.29 is 10.3 Å². The molecule has 3 N–H and O–H groups in total. The third-order valence-corrected chi connectivity index (χ3v) is 1.98. The third-order valence-electron chi connectivity index (χ3n) is 1.98. The van der Waals surface area contributed by atoms with Crippen LogP contribution in [0.5, 0.6) is 0 Å². The zero-order valence-corrected chi connectivity index (χ0v) is 7.86. The van der Waals surface area contributed by atoms with E-state index in [9.17, 15) is 0 Å². The largest absolute Gasteiger partial charge is 0.329 e. The van der Waals surface area contributed by atoms with Crippen LogP contribution in [0, 0.1) is 26.9 Å². The summed E-state index contributed by atoms with van der Waals surface area (Å²) in [5.41, 5.74) is 5.17. The average Bonchev–Trinajstić information content (AvgIpc) is 2.09. The predicted molar refractivity (Wildman–Crippen MR) is 46.5 cm³/mol. The van der Waals surface area contributed by atoms with Gasteiger partial charge in [0, 0.05) is 6.54 Å². The lowest BCUT2D eigenvalue weighted by atomic mass is 9.84. The smallest absolute Gasteiger partial charge is 0.291 e. The summed E-state index contributed by atoms with van der Waals surface area (Å²) in [5.74, 6) is 0. The highest BCUT2D eigenvalue weighted by Crippen LogP contribution is 2.22. The lowest BCUT2D eigenvalue weighted by Crippen LogP contribution is -2.27. The second kappa shape index (κ2) is 7.31. The molecule has 0 aliphatic rings. The van der Waals surface area contributed by atoms with E-state index in [1.54, 1.807) is 0 Å². The van der Waals surface area contributed by atoms with Crippen molar-refractivity contribution in [2.75, 3.05) is 6.54 Å². The van der Waals surface area contributed by atoms with Crippen LogP contribution in [0.15, 0.2) is 0 Å². The Kier molecular flexibility index (Phi) is 7.98. The Morgan fingerprint density at radius 3 is 1.92 bits per heavy atom. The fraction of sp³-hybridized carbons (Fsp3) is 0.857. The Labute approximate surface area is 77.1 Å². The van der Waals surface area contributed by atoms with Gasteiger partial charge in [-0.3, -0.25) is 0 Å². The van der Waals surface area contributed by atoms with Crippen LogP contribution < -0.4 is 5.73 Å². The van der Waals surface area contributed by atoms with Gasteiger partial charge < -0.3 is 10.9 Å². The number of hydrogen-bond acceptors (Lipinski definition) is 4. The summed E-state index contributed by atoms with van der Waals surface area (Å²) in [7, 11) is 0. The fourth-order valence-corrected chi connectivity index (χ4v) is 0.742. The summed E-state index contributed by atoms with van der Waals surface area (Å²) < 4.78 is 0. The molecule has 0 saturated heterocycles. The van der Waals surface area contributed by atoms with E-state index in [4.69, 9.17) is 26.3 Å². The van der Waals surface area contributed by atoms with Crippen LogP contribution in [0.25, 0.3) is 0 Å². The van der Waals surface area contributed by atoms with E-state index in [2.05, 4.69) is 6.07 Å². The van der Waals surface area contributed by atoms with Crippen LogP contribution in [0.4, 0.5) is 0 Å². The molecule has 0 spiro atoms. The molecule has 0 heterocycles. The van der Waals surface area contributed by atoms with E-state index >= 15 is 0 Å². The van der Waals surface area contributed by atoms with Gasteiger partial charge in [0.25, 0.3) is 5.09 Å². The van der Waals surface area contributed by atoms with Gasteiger partial charge in [-0.1, -0.05) is 13.8 Å². The minimum absolute atomic E-state index is 0.250. The molecule has 0 rings (SSSR count). The summed E-state index contributed by atoms with van der Waals surface area (Å²) >= 11 is 0. The highest BCUT2D eigenvalue weighted by Gasteiger charge is 2.22. The molecule has 6 heteroatoms. The quantitative estimate of drug-likeness (QED) is 0.506. The molecule has 6 nitrogen and oxygen atoms in total. The topological polar surface area (TPSA) is 113 Å². The number of hydrogen-bond donors (Lipinski definition) is 2. The number of nitrogens with two attached hydrogens (primary N) is 1. The normalized spacial score (nSPS) is 9.38. The highest BCUT2D eigenvalue weighted by atomic mass is 16.9. The maximum Gasteiger partial charge on any atom is 0.291 e. The van der Waals surface area contributed by atoms with Crippen molar-refractivity contribution in [3.8, 4) is 6.07 Å². The summed E-state index contributed by atoms with van der Waals surface area (Å²) in [4.78, 5) is 8.36. The molecule has 0 aliphatic heterocycles. The SMILES string of the molecule is CCC(C#N)(CC)CN.O=[N+]([O-])O. The van der Waals surface area contributed by atoms with E-state index in [1.165, 1.54) is 0 Å². The van der Waals surface area contributed by atoms with Crippen molar-refractivity contribution in [1.29, 1.82) is 5.26 Å². The monoisotopic (exact) mass is 189 g/mol. The van der Waals surface area contributed by atoms with Crippen LogP contribution in [0.2, 0.25) is 0 Å². The lowest BCUT2D eigenvalue weighted by molar-refractivity contribution is -0.742. The van der Waals surface area contributed by atoms with E-state index in [1.807, 2.05) is 13.8 Å². The molecule has 0 saturated carbocycles. The number of nitrogens with zero attached hydrogens (tertiary/aromatic N) is 2. The van der Waals surface area contributed by atoms with Gasteiger partial charge >= 0.3 is 0 Å². The third kappa shape index (κ3) is 7.03. The molecule has 0 unspecified atom stereocenters. The van der Waals surface area contributed by atoms with E-state index in [0.29, 0.717) is 6.54 Å². The standard InChI is InChI=1S/C7H14N2.HNO3/c1-3-7(4-2,5-8)6-9;2-1(3)4/h3-5,8H2,1-2H3;(H,2,3,4). The van der Waals surface area contributed by atoms with E-state index in [-0.39, 0.29) is 5.41 Å². The summed E-state index contributed by atoms with van der Waals surface area (Å²) in [6.07, 6.45) is 1.72. The molecular weight excluding hydrogens is 174 g/mol. The Hall–Kier alpha value is -1.35. The molecule has 13 heavy (non-hydrogen) atoms. The molecule has 0 amide bonds. The molecule has 76 valence electrons. The summed E-state index contributed by atoms with van der Waals surface area (Å²) in [6, 6.07) is 2.24. The second-order valence-electron chi connectivity index (χ2n) is 2.54. The Bertz CT molecular complexity index is 172. The molecule has 0 bridgehead atoms. The van der Waals surface area contributed by atoms with Crippen LogP contribution in [0.1, 0.15) is 26.7 Å². The lowest BCUT2D eigenvalue weighted by Gasteiger charge is -2.19. The maximum absolute atomic E-state index is 8.65. The predicted octanol–water partition coefficient (Wildman–Crippen LogP) is 0.927. The zero-order valence-electron chi connectivity index (χ0n) is 7.86. The van der Waals surface area contributed by atoms with Crippen molar-refractivity contribution in [3.05, 3.63) is 10.1 Å². The van der Waals surface area contributed by atoms with Crippen molar-refractivity contribution >= 4 is 0 Å². The maximum atomic E-state index is 8.65. The van der Waals surface area contributed by atoms with Gasteiger partial charge in [0.2, 0.25) is 0 Å². The van der Waals surface area contributed by atoms with Crippen molar-refractivity contribution in [2.45, 2.75) is 26.7 Å². The number of nitriles is 1. The first-order valence-electron chi connectivity index (χ1n) is 3.92. The van der Waals surface area contributed by atoms with Gasteiger partial charge in [-0.15, -0.1) is 10.1 Å². The van der Waals surface area contributed by atoms with Crippen LogP contribution in [0.3, 0.4) is 0 Å². The Balaban J connectivity index is 0. The van der Waals surface area contributed by atoms with Gasteiger partial charge in [-0.25, -0.2) is 0 Å². The summed E-state index contributed by atoms with van der Waals surface area (Å²) in [5, 5.41) is 22.3. The van der Waals surface area contributed by atoms with Gasteiger partial charge in [-0.05, 0) is 12.8 Å². The Morgan fingerprint density at radius 2 is 1.92 bits per heavy atom. The molecular formula is C7H15N3O3. The van der Waals surface area contributed by atoms with Crippen molar-refractivity contribution in [2.24, 2.45) is 11.1 Å². The molecule has 0 fully saturated rings. The van der Waals surface area contributed by atoms with Crippen molar-refractivity contribution in [3.63, 3.8) is 0 Å². The van der Waals surface area contributed by atoms with Gasteiger partial charge in [-0.2, -0.15) is 5.26 Å². The van der Waals surface area contributed by atoms with E-state index in [0.717, 1.165) is 12.8 Å². The molecule has 0 aromatic heterocycles. The van der Waals surface area contributed by atoms with Gasteiger partial charge in [0.1, 0.15) is 0 Å². The molecule has 0 aromatic rings. The minimum Gasteiger partial charge on any atom is -0.329 e. The van der Waals surface area contributed by atoms with Crippen molar-refractivity contribution in [1.82, 2.24) is 0 Å². The average molecular weight is 189 g/mol. The molecule has 0 aliphatic carbocycles. The first-order valence-corrected chi connectivity index (χ1v) is 3.92. The second-order valence-corrected chi connectivity index (χ2v) is 2.54. The first-order chi connectivity index (χ1) is 5.97. The van der Waals surface area contributed by atoms with E-state index < -0.39 is 5.09 Å². The Morgan fingerprint density at radius 1 is 1.62 bits per heavy atom. The minimum atomic E-state index is -1.50. The summed E-state index contributed by atoms with van der Waals surface area (Å²) in [6.45, 7) is 4.48. The highest BCUT2D eigenvalue weighted by molar-refractivity contribution is 4.97. The zero-order chi connectivity index (χ0) is 10.9. The van der Waals surface area contributed by atoms with Crippen LogP contribution in [-0.2, 0) is 0 Å². The first kappa shape index (κ1) is 14.2. The molecule has 0 radical (unpaired) electrons. The molecule has 0 aromatic carbocycles. The van der Waals surface area contributed by atoms with Gasteiger partial charge in [0.15, 0.2) is 0 Å². The van der Waals surface area contributed by atoms with Crippen LogP contribution >= 0.6 is 0 Å².